The van der Waals surface area contributed by atoms with Gasteiger partial charge in [0.2, 0.25) is 0 Å². The number of hydrazine groups is 1. The highest BCUT2D eigenvalue weighted by Gasteiger charge is 2.18. The molecule has 1 rings (SSSR count). The van der Waals surface area contributed by atoms with Crippen LogP contribution in [0.15, 0.2) is 17.2 Å². The summed E-state index contributed by atoms with van der Waals surface area (Å²) in [4.78, 5) is 2.75. The average Bonchev–Trinajstić information content (AvgIpc) is 2.69. The van der Waals surface area contributed by atoms with Gasteiger partial charge >= 0.3 is 0 Å². The predicted molar refractivity (Wildman–Crippen MR) is 76.1 cm³/mol. The predicted octanol–water partition coefficient (Wildman–Crippen LogP) is 0.763. The van der Waals surface area contributed by atoms with Crippen LogP contribution in [0.25, 0.3) is 0 Å². The Balaban J connectivity index is 3.02. The number of hydrogen-bond donors (Lipinski definition) is 2. The van der Waals surface area contributed by atoms with Crippen molar-refractivity contribution < 1.29 is 8.42 Å². The maximum atomic E-state index is 12.1. The van der Waals surface area contributed by atoms with Crippen molar-refractivity contribution in [2.24, 2.45) is 0 Å². The van der Waals surface area contributed by atoms with Crippen molar-refractivity contribution in [3.8, 4) is 0 Å². The van der Waals surface area contributed by atoms with Crippen LogP contribution >= 0.6 is 0 Å². The first-order chi connectivity index (χ1) is 8.90. The lowest BCUT2D eigenvalue weighted by Gasteiger charge is -2.10. The topological polar surface area (TPSA) is 66.4 Å². The van der Waals surface area contributed by atoms with E-state index in [4.69, 9.17) is 0 Å². The van der Waals surface area contributed by atoms with Gasteiger partial charge in [-0.1, -0.05) is 13.8 Å². The van der Waals surface area contributed by atoms with Gasteiger partial charge in [-0.3, -0.25) is 0 Å². The molecule has 0 bridgehead atoms. The maximum Gasteiger partial charge on any atom is 0.254 e. The average molecular weight is 288 g/mol. The molecule has 0 atom stereocenters. The molecule has 19 heavy (non-hydrogen) atoms. The lowest BCUT2D eigenvalue weighted by molar-refractivity contribution is 0.364. The van der Waals surface area contributed by atoms with Crippen LogP contribution in [0, 0.1) is 0 Å². The van der Waals surface area contributed by atoms with Crippen molar-refractivity contribution in [3.05, 3.63) is 18.0 Å². The lowest BCUT2D eigenvalue weighted by Crippen LogP contribution is -2.35. The van der Waals surface area contributed by atoms with E-state index in [0.717, 1.165) is 25.2 Å². The minimum Gasteiger partial charge on any atom is -0.349 e. The van der Waals surface area contributed by atoms with Crippen LogP contribution in [-0.4, -0.2) is 38.6 Å². The zero-order valence-corrected chi connectivity index (χ0v) is 12.9. The molecule has 1 heterocycles. The van der Waals surface area contributed by atoms with E-state index in [1.54, 1.807) is 26.4 Å². The second-order valence-electron chi connectivity index (χ2n) is 4.63. The molecule has 0 aliphatic carbocycles. The fourth-order valence-corrected chi connectivity index (χ4v) is 2.96. The van der Waals surface area contributed by atoms with Crippen molar-refractivity contribution >= 4 is 10.0 Å². The fourth-order valence-electron chi connectivity index (χ4n) is 1.82. The van der Waals surface area contributed by atoms with Gasteiger partial charge in [0.1, 0.15) is 4.90 Å². The summed E-state index contributed by atoms with van der Waals surface area (Å²) in [5, 5.41) is 4.65. The number of sulfonamides is 1. The third-order valence-corrected chi connectivity index (χ3v) is 4.04. The largest absolute Gasteiger partial charge is 0.349 e. The highest BCUT2D eigenvalue weighted by atomic mass is 32.2. The number of hydrogen-bond acceptors (Lipinski definition) is 4. The molecule has 0 aliphatic rings. The van der Waals surface area contributed by atoms with Crippen LogP contribution in [0.5, 0.6) is 0 Å². The maximum absolute atomic E-state index is 12.1. The van der Waals surface area contributed by atoms with Crippen molar-refractivity contribution in [1.82, 2.24) is 19.7 Å². The smallest absolute Gasteiger partial charge is 0.254 e. The molecule has 2 N–H and O–H groups in total. The monoisotopic (exact) mass is 288 g/mol. The van der Waals surface area contributed by atoms with Crippen molar-refractivity contribution in [3.63, 3.8) is 0 Å². The SMILES string of the molecule is CCCn1cc(S(=O)(=O)NN(C)C)cc1CNCC. The Bertz CT molecular complexity index is 494. The van der Waals surface area contributed by atoms with E-state index in [0.29, 0.717) is 11.4 Å². The molecule has 0 unspecified atom stereocenters. The quantitative estimate of drug-likeness (QED) is 0.693. The molecule has 0 saturated carbocycles. The summed E-state index contributed by atoms with van der Waals surface area (Å²) < 4.78 is 26.2. The van der Waals surface area contributed by atoms with E-state index in [1.165, 1.54) is 5.01 Å². The molecule has 0 aliphatic heterocycles. The molecule has 1 aromatic heterocycles. The molecule has 0 aromatic carbocycles. The first-order valence-electron chi connectivity index (χ1n) is 6.50. The third kappa shape index (κ3) is 4.61. The summed E-state index contributed by atoms with van der Waals surface area (Å²) in [5.41, 5.74) is 0.989. The zero-order valence-electron chi connectivity index (χ0n) is 12.1. The Morgan fingerprint density at radius 1 is 1.32 bits per heavy atom. The Morgan fingerprint density at radius 3 is 2.53 bits per heavy atom. The third-order valence-electron chi connectivity index (χ3n) is 2.59. The molecule has 110 valence electrons. The Morgan fingerprint density at radius 2 is 2.00 bits per heavy atom. The number of nitrogens with one attached hydrogen (secondary N) is 2. The van der Waals surface area contributed by atoms with Crippen molar-refractivity contribution in [2.45, 2.75) is 38.3 Å². The van der Waals surface area contributed by atoms with E-state index in [-0.39, 0.29) is 0 Å². The minimum absolute atomic E-state index is 0.308. The molecule has 0 spiro atoms. The van der Waals surface area contributed by atoms with Crippen LogP contribution in [0.1, 0.15) is 26.0 Å². The van der Waals surface area contributed by atoms with Gasteiger partial charge in [0.05, 0.1) is 0 Å². The van der Waals surface area contributed by atoms with E-state index >= 15 is 0 Å². The Labute approximate surface area is 115 Å². The summed E-state index contributed by atoms with van der Waals surface area (Å²) in [6.07, 6.45) is 2.66. The van der Waals surface area contributed by atoms with Crippen LogP contribution in [0.4, 0.5) is 0 Å². The summed E-state index contributed by atoms with van der Waals surface area (Å²) in [5.74, 6) is 0. The molecule has 1 aromatic rings. The van der Waals surface area contributed by atoms with E-state index in [2.05, 4.69) is 17.1 Å². The van der Waals surface area contributed by atoms with Gasteiger partial charge < -0.3 is 9.88 Å². The van der Waals surface area contributed by atoms with E-state index < -0.39 is 10.0 Å². The van der Waals surface area contributed by atoms with Crippen LogP contribution in [0.2, 0.25) is 0 Å². The highest BCUT2D eigenvalue weighted by Crippen LogP contribution is 2.15. The molecule has 0 radical (unpaired) electrons. The zero-order chi connectivity index (χ0) is 14.5. The van der Waals surface area contributed by atoms with Gasteiger partial charge in [-0.15, -0.1) is 4.83 Å². The normalized spacial score (nSPS) is 12.3. The molecule has 0 fully saturated rings. The van der Waals surface area contributed by atoms with Gasteiger partial charge in [0, 0.05) is 39.1 Å². The highest BCUT2D eigenvalue weighted by molar-refractivity contribution is 7.89. The lowest BCUT2D eigenvalue weighted by atomic mass is 10.4. The summed E-state index contributed by atoms with van der Waals surface area (Å²) >= 11 is 0. The van der Waals surface area contributed by atoms with Crippen LogP contribution < -0.4 is 10.1 Å². The number of aryl methyl sites for hydroxylation is 1. The van der Waals surface area contributed by atoms with Gasteiger partial charge in [-0.2, -0.15) is 0 Å². The number of rotatable bonds is 8. The van der Waals surface area contributed by atoms with Gasteiger partial charge in [0.15, 0.2) is 0 Å². The number of nitrogens with zero attached hydrogens (tertiary/aromatic N) is 2. The number of aromatic nitrogens is 1. The molecular formula is C12H24N4O2S. The van der Waals surface area contributed by atoms with Gasteiger partial charge in [-0.05, 0) is 19.0 Å². The van der Waals surface area contributed by atoms with Gasteiger partial charge in [-0.25, -0.2) is 13.4 Å². The van der Waals surface area contributed by atoms with Gasteiger partial charge in [0.25, 0.3) is 10.0 Å². The minimum atomic E-state index is -3.48. The first kappa shape index (κ1) is 16.2. The second-order valence-corrected chi connectivity index (χ2v) is 6.29. The van der Waals surface area contributed by atoms with E-state index in [9.17, 15) is 8.42 Å². The molecular weight excluding hydrogens is 264 g/mol. The Kier molecular flexibility index (Phi) is 5.99. The molecule has 6 nitrogen and oxygen atoms in total. The first-order valence-corrected chi connectivity index (χ1v) is 7.98. The van der Waals surface area contributed by atoms with Crippen LogP contribution in [-0.2, 0) is 23.1 Å². The second kappa shape index (κ2) is 7.04. The van der Waals surface area contributed by atoms with E-state index in [1.807, 2.05) is 11.5 Å². The Hall–Kier alpha value is -0.890. The van der Waals surface area contributed by atoms with Crippen LogP contribution in [0.3, 0.4) is 0 Å². The standard InChI is InChI=1S/C12H24N4O2S/c1-5-7-16-10-12(8-11(16)9-13-6-2)19(17,18)14-15(3)4/h8,10,13-14H,5-7,9H2,1-4H3. The summed E-state index contributed by atoms with van der Waals surface area (Å²) in [6.45, 7) is 6.45. The molecule has 0 amide bonds. The molecule has 7 heteroatoms. The summed E-state index contributed by atoms with van der Waals surface area (Å²) in [7, 11) is -0.171. The molecule has 0 saturated heterocycles. The fraction of sp³-hybridized carbons (Fsp3) is 0.667. The van der Waals surface area contributed by atoms with Crippen molar-refractivity contribution in [1.29, 1.82) is 0 Å². The van der Waals surface area contributed by atoms with Crippen molar-refractivity contribution in [2.75, 3.05) is 20.6 Å². The summed E-state index contributed by atoms with van der Waals surface area (Å²) in [6, 6.07) is 1.73.